The Morgan fingerprint density at radius 2 is 1.14 bits per heavy atom. The zero-order chi connectivity index (χ0) is 41.0. The van der Waals surface area contributed by atoms with E-state index in [2.05, 4.69) is 31.6 Å². The van der Waals surface area contributed by atoms with Crippen LogP contribution < -0.4 is 32.3 Å². The highest BCUT2D eigenvalue weighted by molar-refractivity contribution is 5.99. The van der Waals surface area contributed by atoms with Gasteiger partial charge in [-0.2, -0.15) is 0 Å². The molecule has 6 rings (SSSR count). The topological polar surface area (TPSA) is 228 Å². The van der Waals surface area contributed by atoms with Crippen LogP contribution in [0.25, 0.3) is 10.9 Å². The lowest BCUT2D eigenvalue weighted by atomic mass is 10.0. The summed E-state index contributed by atoms with van der Waals surface area (Å²) in [4.78, 5) is 89.7. The van der Waals surface area contributed by atoms with E-state index in [-0.39, 0.29) is 32.2 Å². The molecule has 306 valence electrons. The second-order valence-corrected chi connectivity index (χ2v) is 14.9. The van der Waals surface area contributed by atoms with Crippen LogP contribution in [0.15, 0.2) is 91.1 Å². The van der Waals surface area contributed by atoms with E-state index in [1.165, 1.54) is 4.90 Å². The number of hydrogen-bond acceptors (Lipinski definition) is 8. The summed E-state index contributed by atoms with van der Waals surface area (Å²) in [5.41, 5.74) is 8.80. The Balaban J connectivity index is 1.38. The molecule has 0 spiro atoms. The van der Waals surface area contributed by atoms with Crippen LogP contribution in [0.5, 0.6) is 0 Å². The molecule has 58 heavy (non-hydrogen) atoms. The Morgan fingerprint density at radius 1 is 0.603 bits per heavy atom. The van der Waals surface area contributed by atoms with Crippen LogP contribution in [0, 0.1) is 0 Å². The van der Waals surface area contributed by atoms with Crippen LogP contribution in [0.1, 0.15) is 48.8 Å². The molecule has 0 unspecified atom stereocenters. The standard InChI is InChI=1S/C43H52N8O7/c44-20-10-9-18-32-38(53)50-36(26-52)41(56)49-35(23-28-14-5-2-6-15-28)43(58)51-21-11-19-37(51)42(57)48-33(22-27-12-3-1-4-13-27)39(54)47-34(40(55)46-32)24-29-25-45-31-17-8-7-16-30(29)31/h1-8,12-17,25,32-37,45,52H,9-11,18-24,26,44H2,(H,46,55)(H,47,54)(H,48,57)(H,49,56)(H,50,53)/t32-,33-,34+,35-,36-,37-/m0/s1. The van der Waals surface area contributed by atoms with Crippen molar-refractivity contribution in [1.82, 2.24) is 36.5 Å². The molecular weight excluding hydrogens is 741 g/mol. The summed E-state index contributed by atoms with van der Waals surface area (Å²) in [6.45, 7) is -0.234. The van der Waals surface area contributed by atoms with Crippen molar-refractivity contribution in [3.05, 3.63) is 108 Å². The summed E-state index contributed by atoms with van der Waals surface area (Å²) in [5.74, 6) is -3.92. The molecule has 0 bridgehead atoms. The number of carbonyl (C=O) groups is 6. The number of benzene rings is 3. The molecule has 4 aromatic rings. The lowest BCUT2D eigenvalue weighted by Crippen LogP contribution is -2.62. The third kappa shape index (κ3) is 10.5. The van der Waals surface area contributed by atoms with Gasteiger partial charge in [0.2, 0.25) is 35.4 Å². The van der Waals surface area contributed by atoms with E-state index in [0.29, 0.717) is 32.2 Å². The van der Waals surface area contributed by atoms with E-state index in [1.807, 2.05) is 60.7 Å². The number of aromatic amines is 1. The first-order valence-corrected chi connectivity index (χ1v) is 19.9. The number of hydrogen-bond donors (Lipinski definition) is 8. The zero-order valence-electron chi connectivity index (χ0n) is 32.3. The summed E-state index contributed by atoms with van der Waals surface area (Å²) in [6.07, 6.45) is 3.87. The fourth-order valence-electron chi connectivity index (χ4n) is 7.65. The highest BCUT2D eigenvalue weighted by Gasteiger charge is 2.40. The molecule has 2 saturated heterocycles. The Bertz CT molecular complexity index is 2060. The first kappa shape index (κ1) is 41.6. The van der Waals surface area contributed by atoms with Crippen molar-refractivity contribution in [3.63, 3.8) is 0 Å². The van der Waals surface area contributed by atoms with Gasteiger partial charge in [0, 0.05) is 42.9 Å². The van der Waals surface area contributed by atoms with Crippen LogP contribution in [0.2, 0.25) is 0 Å². The third-order valence-electron chi connectivity index (χ3n) is 10.8. The molecule has 2 aliphatic rings. The SMILES string of the molecule is NCCCC[C@@H]1NC(=O)[C@@H](Cc2c[nH]c3ccccc23)NC(=O)[C@H](Cc2ccccc2)NC(=O)[C@@H]2CCCN2C(=O)[C@H](Cc2ccccc2)NC(=O)[C@H](CO)NC1=O. The highest BCUT2D eigenvalue weighted by atomic mass is 16.3. The Morgan fingerprint density at radius 3 is 1.81 bits per heavy atom. The maximum Gasteiger partial charge on any atom is 0.246 e. The van der Waals surface area contributed by atoms with E-state index in [4.69, 9.17) is 5.73 Å². The maximum atomic E-state index is 14.4. The van der Waals surface area contributed by atoms with Gasteiger partial charge >= 0.3 is 0 Å². The van der Waals surface area contributed by atoms with Crippen molar-refractivity contribution in [1.29, 1.82) is 0 Å². The minimum Gasteiger partial charge on any atom is -0.394 e. The quantitative estimate of drug-likeness (QED) is 0.101. The van der Waals surface area contributed by atoms with Crippen LogP contribution in [-0.4, -0.2) is 106 Å². The van der Waals surface area contributed by atoms with Gasteiger partial charge in [-0.15, -0.1) is 0 Å². The minimum absolute atomic E-state index is 0.0279. The van der Waals surface area contributed by atoms with E-state index in [9.17, 15) is 33.9 Å². The number of nitrogens with zero attached hydrogens (tertiary/aromatic N) is 1. The summed E-state index contributed by atoms with van der Waals surface area (Å²) in [5, 5.41) is 25.1. The summed E-state index contributed by atoms with van der Waals surface area (Å²) < 4.78 is 0. The normalized spacial score (nSPS) is 23.9. The molecule has 1 aromatic heterocycles. The van der Waals surface area contributed by atoms with Gasteiger partial charge in [-0.25, -0.2) is 0 Å². The predicted octanol–water partition coefficient (Wildman–Crippen LogP) is 0.746. The monoisotopic (exact) mass is 792 g/mol. The third-order valence-corrected chi connectivity index (χ3v) is 10.8. The molecule has 3 aromatic carbocycles. The number of aliphatic hydroxyl groups is 1. The molecule has 15 nitrogen and oxygen atoms in total. The van der Waals surface area contributed by atoms with Crippen molar-refractivity contribution < 1.29 is 33.9 Å². The smallest absolute Gasteiger partial charge is 0.246 e. The van der Waals surface area contributed by atoms with Gasteiger partial charge in [0.25, 0.3) is 0 Å². The molecule has 9 N–H and O–H groups in total. The number of rotatable bonds is 11. The molecule has 0 aliphatic carbocycles. The van der Waals surface area contributed by atoms with Crippen molar-refractivity contribution in [2.24, 2.45) is 5.73 Å². The Labute approximate surface area is 336 Å². The van der Waals surface area contributed by atoms with E-state index in [0.717, 1.165) is 27.6 Å². The molecule has 6 amide bonds. The van der Waals surface area contributed by atoms with Gasteiger partial charge in [-0.1, -0.05) is 78.9 Å². The Kier molecular flexibility index (Phi) is 14.2. The number of para-hydroxylation sites is 1. The van der Waals surface area contributed by atoms with Crippen molar-refractivity contribution in [3.8, 4) is 0 Å². The zero-order valence-corrected chi connectivity index (χ0v) is 32.3. The van der Waals surface area contributed by atoms with Crippen molar-refractivity contribution >= 4 is 46.3 Å². The Hall–Kier alpha value is -6.06. The predicted molar refractivity (Wildman–Crippen MR) is 217 cm³/mol. The van der Waals surface area contributed by atoms with Crippen molar-refractivity contribution in [2.75, 3.05) is 19.7 Å². The average molecular weight is 793 g/mol. The van der Waals surface area contributed by atoms with Gasteiger partial charge < -0.3 is 47.3 Å². The molecule has 0 saturated carbocycles. The van der Waals surface area contributed by atoms with Gasteiger partial charge in [-0.05, 0) is 61.4 Å². The van der Waals surface area contributed by atoms with E-state index in [1.54, 1.807) is 30.5 Å². The number of nitrogens with two attached hydrogens (primary N) is 1. The number of aromatic nitrogens is 1. The summed E-state index contributed by atoms with van der Waals surface area (Å²) in [7, 11) is 0. The molecular formula is C43H52N8O7. The number of aliphatic hydroxyl groups excluding tert-OH is 1. The summed E-state index contributed by atoms with van der Waals surface area (Å²) in [6, 6.07) is 18.5. The van der Waals surface area contributed by atoms with E-state index < -0.39 is 78.3 Å². The van der Waals surface area contributed by atoms with Crippen LogP contribution in [-0.2, 0) is 48.0 Å². The first-order chi connectivity index (χ1) is 28.1. The van der Waals surface area contributed by atoms with Gasteiger partial charge in [-0.3, -0.25) is 28.8 Å². The molecule has 2 aliphatic heterocycles. The molecule has 3 heterocycles. The van der Waals surface area contributed by atoms with Crippen LogP contribution in [0.4, 0.5) is 0 Å². The average Bonchev–Trinajstić information content (AvgIpc) is 3.90. The highest BCUT2D eigenvalue weighted by Crippen LogP contribution is 2.22. The molecule has 15 heteroatoms. The second kappa shape index (κ2) is 19.9. The number of carbonyl (C=O) groups excluding carboxylic acids is 6. The largest absolute Gasteiger partial charge is 0.394 e. The van der Waals surface area contributed by atoms with Crippen molar-refractivity contribution in [2.45, 2.75) is 87.6 Å². The lowest BCUT2D eigenvalue weighted by molar-refractivity contribution is -0.143. The maximum absolute atomic E-state index is 14.4. The van der Waals surface area contributed by atoms with E-state index >= 15 is 0 Å². The lowest BCUT2D eigenvalue weighted by Gasteiger charge is -2.31. The number of amides is 6. The van der Waals surface area contributed by atoms with Crippen LogP contribution >= 0.6 is 0 Å². The fraction of sp³-hybridized carbons (Fsp3) is 0.395. The van der Waals surface area contributed by atoms with Gasteiger partial charge in [0.15, 0.2) is 0 Å². The molecule has 2 fully saturated rings. The summed E-state index contributed by atoms with van der Waals surface area (Å²) >= 11 is 0. The van der Waals surface area contributed by atoms with Gasteiger partial charge in [0.1, 0.15) is 36.3 Å². The number of H-pyrrole nitrogens is 1. The van der Waals surface area contributed by atoms with Crippen LogP contribution in [0.3, 0.4) is 0 Å². The fourth-order valence-corrected chi connectivity index (χ4v) is 7.65. The number of nitrogens with one attached hydrogen (secondary N) is 6. The molecule has 6 atom stereocenters. The second-order valence-electron chi connectivity index (χ2n) is 14.9. The number of fused-ring (bicyclic) bond motifs is 2. The first-order valence-electron chi connectivity index (χ1n) is 19.9. The number of unbranched alkanes of at least 4 members (excludes halogenated alkanes) is 1. The minimum atomic E-state index is -1.48. The van der Waals surface area contributed by atoms with Gasteiger partial charge in [0.05, 0.1) is 6.61 Å². The molecule has 0 radical (unpaired) electrons.